The molecule has 0 radical (unpaired) electrons. The van der Waals surface area contributed by atoms with Crippen LogP contribution in [0.2, 0.25) is 0 Å². The molecule has 0 aromatic carbocycles. The summed E-state index contributed by atoms with van der Waals surface area (Å²) in [4.78, 5) is 22.9. The fourth-order valence-corrected chi connectivity index (χ4v) is 3.05. The molecule has 0 bridgehead atoms. The fraction of sp³-hybridized carbons (Fsp3) is 0.833. The van der Waals surface area contributed by atoms with Gasteiger partial charge >= 0.3 is 12.1 Å². The topological polar surface area (TPSA) is 46.2 Å². The molecule has 0 aromatic rings. The number of amides is 1. The fourth-order valence-electron chi connectivity index (χ4n) is 2.45. The highest BCUT2D eigenvalue weighted by atomic mass is 79.9. The monoisotopic (exact) mass is 343 g/mol. The van der Waals surface area contributed by atoms with Crippen molar-refractivity contribution in [3.63, 3.8) is 0 Å². The molecule has 0 aromatic heterocycles. The van der Waals surface area contributed by atoms with E-state index in [1.165, 1.54) is 0 Å². The summed E-state index contributed by atoms with van der Waals surface area (Å²) < 4.78 is 36.6. The van der Waals surface area contributed by atoms with Crippen LogP contribution in [-0.2, 0) is 9.59 Å². The second-order valence-corrected chi connectivity index (χ2v) is 5.49. The molecule has 7 heteroatoms. The summed E-state index contributed by atoms with van der Waals surface area (Å²) >= 11 is 3.07. The lowest BCUT2D eigenvalue weighted by molar-refractivity contribution is -0.174. The molecular formula is C12H17BrF3NO2. The number of halogens is 4. The van der Waals surface area contributed by atoms with Crippen molar-refractivity contribution in [1.29, 1.82) is 0 Å². The second-order valence-electron chi connectivity index (χ2n) is 4.93. The van der Waals surface area contributed by atoms with Crippen LogP contribution in [0.4, 0.5) is 13.2 Å². The van der Waals surface area contributed by atoms with Crippen molar-refractivity contribution in [3.05, 3.63) is 0 Å². The van der Waals surface area contributed by atoms with Crippen molar-refractivity contribution in [3.8, 4) is 0 Å². The van der Waals surface area contributed by atoms with Crippen molar-refractivity contribution in [1.82, 2.24) is 5.32 Å². The molecule has 19 heavy (non-hydrogen) atoms. The first kappa shape index (κ1) is 16.5. The predicted octanol–water partition coefficient (Wildman–Crippen LogP) is 2.97. The maximum absolute atomic E-state index is 12.2. The van der Waals surface area contributed by atoms with Crippen molar-refractivity contribution in [2.24, 2.45) is 5.41 Å². The van der Waals surface area contributed by atoms with Gasteiger partial charge in [-0.15, -0.1) is 0 Å². The molecule has 0 spiro atoms. The molecule has 1 rings (SSSR count). The lowest BCUT2D eigenvalue weighted by Crippen LogP contribution is -2.47. The summed E-state index contributed by atoms with van der Waals surface area (Å²) in [5.41, 5.74) is -0.846. The summed E-state index contributed by atoms with van der Waals surface area (Å²) in [6.45, 7) is -0.226. The first-order chi connectivity index (χ1) is 8.82. The van der Waals surface area contributed by atoms with Crippen LogP contribution in [0, 0.1) is 5.41 Å². The van der Waals surface area contributed by atoms with Gasteiger partial charge in [-0.25, -0.2) is 0 Å². The highest BCUT2D eigenvalue weighted by molar-refractivity contribution is 9.09. The normalized spacial score (nSPS) is 19.6. The largest absolute Gasteiger partial charge is 0.471 e. The molecule has 1 saturated carbocycles. The van der Waals surface area contributed by atoms with Crippen LogP contribution in [0.3, 0.4) is 0 Å². The first-order valence-corrected chi connectivity index (χ1v) is 7.38. The van der Waals surface area contributed by atoms with Gasteiger partial charge in [0.05, 0.1) is 5.33 Å². The van der Waals surface area contributed by atoms with Crippen LogP contribution in [0.25, 0.3) is 0 Å². The first-order valence-electron chi connectivity index (χ1n) is 6.26. The van der Waals surface area contributed by atoms with Crippen LogP contribution in [-0.4, -0.2) is 29.7 Å². The molecule has 1 N–H and O–H groups in total. The molecule has 0 heterocycles. The molecule has 110 valence electrons. The Balaban J connectivity index is 2.75. The molecular weight excluding hydrogens is 327 g/mol. The highest BCUT2D eigenvalue weighted by Crippen LogP contribution is 2.36. The Morgan fingerprint density at radius 2 is 1.63 bits per heavy atom. The smallest absolute Gasteiger partial charge is 0.347 e. The molecule has 3 nitrogen and oxygen atoms in total. The van der Waals surface area contributed by atoms with Gasteiger partial charge in [0, 0.05) is 12.0 Å². The lowest BCUT2D eigenvalue weighted by atomic mass is 9.77. The third kappa shape index (κ3) is 4.47. The zero-order chi connectivity index (χ0) is 14.5. The summed E-state index contributed by atoms with van der Waals surface area (Å²) in [7, 11) is 0. The molecule has 1 aliphatic carbocycles. The van der Waals surface area contributed by atoms with Crippen LogP contribution in [0.1, 0.15) is 38.5 Å². The van der Waals surface area contributed by atoms with Gasteiger partial charge in [-0.2, -0.15) is 13.2 Å². The SMILES string of the molecule is O=C(NCC1(C(=O)CBr)CCCCCC1)C(F)(F)F. The van der Waals surface area contributed by atoms with E-state index in [2.05, 4.69) is 15.9 Å². The van der Waals surface area contributed by atoms with Gasteiger partial charge in [-0.1, -0.05) is 41.6 Å². The number of carbonyl (C=O) groups is 2. The van der Waals surface area contributed by atoms with Gasteiger partial charge in [0.2, 0.25) is 0 Å². The minimum absolute atomic E-state index is 0.106. The quantitative estimate of drug-likeness (QED) is 0.630. The average Bonchev–Trinajstić information content (AvgIpc) is 2.60. The van der Waals surface area contributed by atoms with E-state index >= 15 is 0 Å². The Labute approximate surface area is 118 Å². The summed E-state index contributed by atoms with van der Waals surface area (Å²) in [5.74, 6) is -2.10. The number of carbonyl (C=O) groups excluding carboxylic acids is 2. The van der Waals surface area contributed by atoms with Crippen molar-refractivity contribution >= 4 is 27.6 Å². The molecule has 0 atom stereocenters. The molecule has 1 aliphatic rings. The van der Waals surface area contributed by atoms with Gasteiger partial charge < -0.3 is 5.32 Å². The number of nitrogens with one attached hydrogen (secondary N) is 1. The molecule has 0 saturated heterocycles. The maximum Gasteiger partial charge on any atom is 0.471 e. The Morgan fingerprint density at radius 1 is 1.11 bits per heavy atom. The van der Waals surface area contributed by atoms with Crippen molar-refractivity contribution < 1.29 is 22.8 Å². The van der Waals surface area contributed by atoms with Crippen molar-refractivity contribution in [2.75, 3.05) is 11.9 Å². The van der Waals surface area contributed by atoms with E-state index in [0.29, 0.717) is 12.8 Å². The average molecular weight is 344 g/mol. The summed E-state index contributed by atoms with van der Waals surface area (Å²) in [6.07, 6.45) is -0.259. The maximum atomic E-state index is 12.2. The third-order valence-corrected chi connectivity index (χ3v) is 4.13. The lowest BCUT2D eigenvalue weighted by Gasteiger charge is -2.31. The van der Waals surface area contributed by atoms with Gasteiger partial charge in [0.25, 0.3) is 0 Å². The number of alkyl halides is 4. The van der Waals surface area contributed by atoms with Crippen LogP contribution in [0.15, 0.2) is 0 Å². The Morgan fingerprint density at radius 3 is 2.05 bits per heavy atom. The van der Waals surface area contributed by atoms with E-state index < -0.39 is 17.5 Å². The van der Waals surface area contributed by atoms with E-state index in [9.17, 15) is 22.8 Å². The minimum Gasteiger partial charge on any atom is -0.347 e. The van der Waals surface area contributed by atoms with Crippen LogP contribution in [0.5, 0.6) is 0 Å². The molecule has 0 aliphatic heterocycles. The molecule has 0 unspecified atom stereocenters. The Kier molecular flexibility index (Phi) is 5.82. The standard InChI is InChI=1S/C12H17BrF3NO2/c13-7-9(18)11(5-3-1-2-4-6-11)8-17-10(19)12(14,15)16/h1-8H2,(H,17,19). The van der Waals surface area contributed by atoms with Gasteiger partial charge in [0.1, 0.15) is 0 Å². The van der Waals surface area contributed by atoms with Crippen LogP contribution >= 0.6 is 15.9 Å². The molecule has 1 amide bonds. The number of rotatable bonds is 4. The number of hydrogen-bond donors (Lipinski definition) is 1. The van der Waals surface area contributed by atoms with E-state index in [4.69, 9.17) is 0 Å². The third-order valence-electron chi connectivity index (χ3n) is 3.62. The Hall–Kier alpha value is -0.590. The van der Waals surface area contributed by atoms with Gasteiger partial charge in [-0.3, -0.25) is 9.59 Å². The number of hydrogen-bond acceptors (Lipinski definition) is 2. The van der Waals surface area contributed by atoms with Gasteiger partial charge in [0.15, 0.2) is 5.78 Å². The van der Waals surface area contributed by atoms with E-state index in [-0.39, 0.29) is 17.7 Å². The highest BCUT2D eigenvalue weighted by Gasteiger charge is 2.42. The summed E-state index contributed by atoms with van der Waals surface area (Å²) in [6, 6.07) is 0. The van der Waals surface area contributed by atoms with E-state index in [0.717, 1.165) is 25.7 Å². The summed E-state index contributed by atoms with van der Waals surface area (Å²) in [5, 5.41) is 1.98. The number of Topliss-reactive ketones (excluding diaryl/α,β-unsaturated/α-hetero) is 1. The predicted molar refractivity (Wildman–Crippen MR) is 68.0 cm³/mol. The van der Waals surface area contributed by atoms with E-state index in [1.807, 2.05) is 5.32 Å². The minimum atomic E-state index is -4.90. The molecule has 1 fully saturated rings. The number of ketones is 1. The van der Waals surface area contributed by atoms with E-state index in [1.54, 1.807) is 0 Å². The van der Waals surface area contributed by atoms with Crippen molar-refractivity contribution in [2.45, 2.75) is 44.7 Å². The van der Waals surface area contributed by atoms with Crippen LogP contribution < -0.4 is 5.32 Å². The van der Waals surface area contributed by atoms with Gasteiger partial charge in [-0.05, 0) is 12.8 Å². The Bertz CT molecular complexity index is 336. The zero-order valence-corrected chi connectivity index (χ0v) is 12.1. The second kappa shape index (κ2) is 6.72. The zero-order valence-electron chi connectivity index (χ0n) is 10.5.